The van der Waals surface area contributed by atoms with Crippen molar-refractivity contribution in [3.8, 4) is 0 Å². The lowest BCUT2D eigenvalue weighted by Crippen LogP contribution is -2.62. The molecule has 0 amide bonds. The Labute approximate surface area is 132 Å². The van der Waals surface area contributed by atoms with Gasteiger partial charge in [0.05, 0.1) is 0 Å². The average Bonchev–Trinajstić information content (AvgIpc) is 2.38. The van der Waals surface area contributed by atoms with E-state index in [9.17, 15) is 0 Å². The highest BCUT2D eigenvalue weighted by molar-refractivity contribution is 5.00. The van der Waals surface area contributed by atoms with E-state index >= 15 is 0 Å². The van der Waals surface area contributed by atoms with Gasteiger partial charge in [0.25, 0.3) is 0 Å². The van der Waals surface area contributed by atoms with Crippen LogP contribution in [0.15, 0.2) is 0 Å². The van der Waals surface area contributed by atoms with Gasteiger partial charge < -0.3 is 0 Å². The number of piperidine rings is 2. The molecule has 2 aliphatic carbocycles. The Hall–Kier alpha value is -0.0800. The first-order valence-corrected chi connectivity index (χ1v) is 9.52. The maximum absolute atomic E-state index is 2.71. The van der Waals surface area contributed by atoms with E-state index in [-0.39, 0.29) is 0 Å². The maximum Gasteiger partial charge on any atom is 0.0118 e. The van der Waals surface area contributed by atoms with Crippen LogP contribution in [-0.2, 0) is 0 Å². The van der Waals surface area contributed by atoms with Crippen LogP contribution in [0, 0.1) is 5.92 Å². The van der Waals surface area contributed by atoms with Gasteiger partial charge in [0.2, 0.25) is 0 Å². The van der Waals surface area contributed by atoms with E-state index in [4.69, 9.17) is 0 Å². The Kier molecular flexibility index (Phi) is 4.66. The molecule has 0 aromatic heterocycles. The Bertz CT molecular complexity index is 325. The van der Waals surface area contributed by atoms with Gasteiger partial charge in [0.1, 0.15) is 0 Å². The van der Waals surface area contributed by atoms with Crippen LogP contribution in [0.4, 0.5) is 0 Å². The van der Waals surface area contributed by atoms with E-state index in [0.717, 1.165) is 42.2 Å². The van der Waals surface area contributed by atoms with E-state index in [1.54, 1.807) is 0 Å². The molecule has 6 aliphatic rings. The Balaban J connectivity index is 0.000000126. The molecule has 21 heavy (non-hydrogen) atoms. The number of rotatable bonds is 2. The zero-order valence-electron chi connectivity index (χ0n) is 14.9. The minimum atomic E-state index is 0.784. The Morgan fingerprint density at radius 1 is 0.667 bits per heavy atom. The largest absolute Gasteiger partial charge is 0.295 e. The molecule has 0 radical (unpaired) electrons. The molecule has 2 heteroatoms. The van der Waals surface area contributed by atoms with Gasteiger partial charge >= 0.3 is 0 Å². The third kappa shape index (κ3) is 3.03. The lowest BCUT2D eigenvalue weighted by molar-refractivity contribution is -0.0698. The van der Waals surface area contributed by atoms with E-state index in [2.05, 4.69) is 44.4 Å². The number of nitrogens with zero attached hydrogens (tertiary/aromatic N) is 2. The van der Waals surface area contributed by atoms with Gasteiger partial charge in [0.15, 0.2) is 0 Å². The molecule has 4 unspecified atom stereocenters. The smallest absolute Gasteiger partial charge is 0.0118 e. The van der Waals surface area contributed by atoms with Gasteiger partial charge in [-0.3, -0.25) is 9.80 Å². The van der Waals surface area contributed by atoms with Crippen molar-refractivity contribution < 1.29 is 0 Å². The lowest BCUT2D eigenvalue weighted by atomic mass is 9.73. The van der Waals surface area contributed by atoms with Crippen LogP contribution in [0.25, 0.3) is 0 Å². The first-order chi connectivity index (χ1) is 9.97. The zero-order valence-corrected chi connectivity index (χ0v) is 14.9. The van der Waals surface area contributed by atoms with Gasteiger partial charge in [0, 0.05) is 36.3 Å². The predicted molar refractivity (Wildman–Crippen MR) is 90.6 cm³/mol. The standard InChI is InChI=1S/C10H19N.C9H17N/c1-7(2)11-9-4-8(3)5-10(11)6-9;1-7(2)10-8-4-3-5-9(10)6-8/h7-10H,4-6H2,1-3H3;7-9H,3-6H2,1-2H3. The molecule has 4 saturated heterocycles. The van der Waals surface area contributed by atoms with Crippen LogP contribution >= 0.6 is 0 Å². The molecular weight excluding hydrogens is 256 g/mol. The monoisotopic (exact) mass is 292 g/mol. The van der Waals surface area contributed by atoms with Crippen LogP contribution in [0.3, 0.4) is 0 Å². The summed E-state index contributed by atoms with van der Waals surface area (Å²) in [7, 11) is 0. The summed E-state index contributed by atoms with van der Waals surface area (Å²) in [5.41, 5.74) is 0. The quantitative estimate of drug-likeness (QED) is 0.749. The fraction of sp³-hybridized carbons (Fsp3) is 1.00. The van der Waals surface area contributed by atoms with Gasteiger partial charge in [-0.15, -0.1) is 0 Å². The van der Waals surface area contributed by atoms with Gasteiger partial charge in [-0.2, -0.15) is 0 Å². The second kappa shape index (κ2) is 6.20. The molecule has 0 spiro atoms. The van der Waals surface area contributed by atoms with Crippen molar-refractivity contribution in [2.45, 2.75) is 116 Å². The summed E-state index contributed by atoms with van der Waals surface area (Å²) in [5, 5.41) is 0. The summed E-state index contributed by atoms with van der Waals surface area (Å²) in [6.45, 7) is 11.7. The molecule has 4 atom stereocenters. The average molecular weight is 293 g/mol. The number of hydrogen-bond acceptors (Lipinski definition) is 2. The van der Waals surface area contributed by atoms with Crippen LogP contribution in [0.1, 0.15) is 79.6 Å². The fourth-order valence-electron chi connectivity index (χ4n) is 5.71. The van der Waals surface area contributed by atoms with Crippen LogP contribution in [0.2, 0.25) is 0 Å². The van der Waals surface area contributed by atoms with E-state index in [0.29, 0.717) is 0 Å². The number of fused-ring (bicyclic) bond motifs is 4. The molecular formula is C19H36N2. The highest BCUT2D eigenvalue weighted by atomic mass is 15.3. The van der Waals surface area contributed by atoms with Crippen molar-refractivity contribution in [1.82, 2.24) is 9.80 Å². The predicted octanol–water partition coefficient (Wildman–Crippen LogP) is 4.29. The third-order valence-corrected chi connectivity index (χ3v) is 6.39. The molecule has 0 aromatic rings. The molecule has 4 heterocycles. The second-order valence-electron chi connectivity index (χ2n) is 8.68. The maximum atomic E-state index is 2.71. The topological polar surface area (TPSA) is 6.48 Å². The number of hydrogen-bond donors (Lipinski definition) is 0. The summed E-state index contributed by atoms with van der Waals surface area (Å²) >= 11 is 0. The molecule has 2 saturated carbocycles. The van der Waals surface area contributed by atoms with E-state index in [1.807, 2.05) is 0 Å². The van der Waals surface area contributed by atoms with Crippen molar-refractivity contribution in [2.24, 2.45) is 5.92 Å². The first kappa shape index (κ1) is 15.8. The van der Waals surface area contributed by atoms with E-state index < -0.39 is 0 Å². The molecule has 122 valence electrons. The summed E-state index contributed by atoms with van der Waals surface area (Å²) in [4.78, 5) is 5.41. The molecule has 6 fully saturated rings. The minimum absolute atomic E-state index is 0.784. The molecule has 4 bridgehead atoms. The summed E-state index contributed by atoms with van der Waals surface area (Å²) in [5.74, 6) is 0.994. The minimum Gasteiger partial charge on any atom is -0.295 e. The molecule has 6 rings (SSSR count). The van der Waals surface area contributed by atoms with Crippen molar-refractivity contribution in [3.05, 3.63) is 0 Å². The first-order valence-electron chi connectivity index (χ1n) is 9.52. The van der Waals surface area contributed by atoms with Gasteiger partial charge in [-0.05, 0) is 72.1 Å². The molecule has 4 aliphatic heterocycles. The van der Waals surface area contributed by atoms with Crippen molar-refractivity contribution in [1.29, 1.82) is 0 Å². The molecule has 0 N–H and O–H groups in total. The lowest BCUT2D eigenvalue weighted by Gasteiger charge is -2.57. The van der Waals surface area contributed by atoms with Crippen molar-refractivity contribution in [2.75, 3.05) is 0 Å². The summed E-state index contributed by atoms with van der Waals surface area (Å²) in [6.07, 6.45) is 10.3. The molecule has 0 aromatic carbocycles. The van der Waals surface area contributed by atoms with Crippen LogP contribution in [-0.4, -0.2) is 46.1 Å². The Morgan fingerprint density at radius 3 is 1.48 bits per heavy atom. The zero-order chi connectivity index (χ0) is 15.1. The highest BCUT2D eigenvalue weighted by Gasteiger charge is 2.44. The third-order valence-electron chi connectivity index (χ3n) is 6.39. The van der Waals surface area contributed by atoms with Crippen molar-refractivity contribution >= 4 is 0 Å². The van der Waals surface area contributed by atoms with Gasteiger partial charge in [-0.1, -0.05) is 13.3 Å². The second-order valence-corrected chi connectivity index (χ2v) is 8.68. The molecule has 2 nitrogen and oxygen atoms in total. The van der Waals surface area contributed by atoms with Crippen molar-refractivity contribution in [3.63, 3.8) is 0 Å². The van der Waals surface area contributed by atoms with Crippen LogP contribution < -0.4 is 0 Å². The van der Waals surface area contributed by atoms with Gasteiger partial charge in [-0.25, -0.2) is 0 Å². The normalized spacial score (nSPS) is 42.1. The van der Waals surface area contributed by atoms with E-state index in [1.165, 1.54) is 44.9 Å². The Morgan fingerprint density at radius 2 is 1.10 bits per heavy atom. The highest BCUT2D eigenvalue weighted by Crippen LogP contribution is 2.42. The summed E-state index contributed by atoms with van der Waals surface area (Å²) < 4.78 is 0. The SMILES string of the molecule is CC(C)N1C2CCCC1C2.CC1CC2CC(C1)N2C(C)C. The van der Waals surface area contributed by atoms with Crippen LogP contribution in [0.5, 0.6) is 0 Å². The summed E-state index contributed by atoms with van der Waals surface area (Å²) in [6, 6.07) is 5.42. The fourth-order valence-corrected chi connectivity index (χ4v) is 5.71.